The molecule has 0 aromatic heterocycles. The Bertz CT molecular complexity index is 166. The molecule has 0 spiro atoms. The molecular weight excluding hydrogens is 128 g/mol. The van der Waals surface area contributed by atoms with E-state index in [1.54, 1.807) is 6.08 Å². The van der Waals surface area contributed by atoms with Crippen molar-refractivity contribution in [2.45, 2.75) is 13.0 Å². The van der Waals surface area contributed by atoms with Gasteiger partial charge in [0.25, 0.3) is 0 Å². The van der Waals surface area contributed by atoms with Crippen LogP contribution >= 0.6 is 0 Å². The van der Waals surface area contributed by atoms with E-state index >= 15 is 0 Å². The van der Waals surface area contributed by atoms with E-state index in [9.17, 15) is 0 Å². The highest BCUT2D eigenvalue weighted by Gasteiger charge is 2.20. The maximum Gasteiger partial charge on any atom is 0.189 e. The summed E-state index contributed by atoms with van der Waals surface area (Å²) >= 11 is 0. The summed E-state index contributed by atoms with van der Waals surface area (Å²) in [7, 11) is 0. The third kappa shape index (κ3) is 1.21. The van der Waals surface area contributed by atoms with Crippen molar-refractivity contribution in [1.82, 2.24) is 0 Å². The van der Waals surface area contributed by atoms with Crippen LogP contribution in [0.15, 0.2) is 24.0 Å². The van der Waals surface area contributed by atoms with E-state index in [2.05, 4.69) is 13.5 Å². The zero-order valence-electron chi connectivity index (χ0n) is 6.09. The van der Waals surface area contributed by atoms with Crippen LogP contribution in [0.4, 0.5) is 0 Å². The second kappa shape index (κ2) is 2.88. The van der Waals surface area contributed by atoms with Crippen molar-refractivity contribution in [2.75, 3.05) is 6.79 Å². The molecule has 1 saturated heterocycles. The molecule has 1 rings (SSSR count). The van der Waals surface area contributed by atoms with Crippen molar-refractivity contribution in [1.29, 1.82) is 0 Å². The lowest BCUT2D eigenvalue weighted by atomic mass is 10.2. The largest absolute Gasteiger partial charge is 0.469 e. The average molecular weight is 139 g/mol. The standard InChI is InChI=1S/C8H11O2/c1-4-7-8(6(2)3)10-5-9-7/h4,7H,1-2,5H2,3H3/b8-6-. The molecule has 1 heterocycles. The Hall–Kier alpha value is -0.760. The first-order chi connectivity index (χ1) is 4.75. The van der Waals surface area contributed by atoms with E-state index < -0.39 is 0 Å². The van der Waals surface area contributed by atoms with Gasteiger partial charge in [0.2, 0.25) is 0 Å². The first-order valence-corrected chi connectivity index (χ1v) is 3.15. The van der Waals surface area contributed by atoms with Crippen molar-refractivity contribution in [3.8, 4) is 0 Å². The fraction of sp³-hybridized carbons (Fsp3) is 0.375. The number of rotatable bonds is 1. The number of allylic oxidation sites excluding steroid dienone is 1. The Morgan fingerprint density at radius 3 is 2.90 bits per heavy atom. The van der Waals surface area contributed by atoms with Crippen LogP contribution in [0.2, 0.25) is 0 Å². The molecule has 1 fully saturated rings. The van der Waals surface area contributed by atoms with Gasteiger partial charge in [0, 0.05) is 0 Å². The summed E-state index contributed by atoms with van der Waals surface area (Å²) in [5.74, 6) is 0.801. The van der Waals surface area contributed by atoms with Gasteiger partial charge in [0.15, 0.2) is 6.79 Å². The van der Waals surface area contributed by atoms with Crippen molar-refractivity contribution in [2.24, 2.45) is 0 Å². The summed E-state index contributed by atoms with van der Waals surface area (Å²) in [5, 5.41) is 0. The fourth-order valence-electron chi connectivity index (χ4n) is 0.870. The minimum atomic E-state index is -0.0856. The lowest BCUT2D eigenvalue weighted by Crippen LogP contribution is -2.03. The summed E-state index contributed by atoms with van der Waals surface area (Å²) in [6.07, 6.45) is 1.62. The third-order valence-corrected chi connectivity index (χ3v) is 1.36. The summed E-state index contributed by atoms with van der Waals surface area (Å²) in [5.41, 5.74) is 0.905. The first kappa shape index (κ1) is 7.35. The SMILES string of the molecule is [CH2]/C(C)=C1/OCOC1C=C. The van der Waals surface area contributed by atoms with Crippen LogP contribution in [0.25, 0.3) is 0 Å². The predicted octanol–water partition coefficient (Wildman–Crippen LogP) is 1.65. The van der Waals surface area contributed by atoms with Crippen molar-refractivity contribution in [3.63, 3.8) is 0 Å². The fourth-order valence-corrected chi connectivity index (χ4v) is 0.870. The zero-order valence-corrected chi connectivity index (χ0v) is 6.09. The van der Waals surface area contributed by atoms with Crippen molar-refractivity contribution in [3.05, 3.63) is 30.9 Å². The van der Waals surface area contributed by atoms with E-state index in [-0.39, 0.29) is 6.10 Å². The van der Waals surface area contributed by atoms with E-state index in [0.717, 1.165) is 11.3 Å². The Morgan fingerprint density at radius 1 is 1.80 bits per heavy atom. The van der Waals surface area contributed by atoms with Crippen LogP contribution in [0.3, 0.4) is 0 Å². The van der Waals surface area contributed by atoms with Gasteiger partial charge in [-0.15, -0.1) is 6.58 Å². The molecule has 1 unspecified atom stereocenters. The smallest absolute Gasteiger partial charge is 0.189 e. The van der Waals surface area contributed by atoms with Gasteiger partial charge in [-0.25, -0.2) is 0 Å². The quantitative estimate of drug-likeness (QED) is 0.514. The zero-order chi connectivity index (χ0) is 7.56. The number of hydrogen-bond donors (Lipinski definition) is 0. The van der Waals surface area contributed by atoms with Crippen LogP contribution in [0, 0.1) is 6.92 Å². The molecule has 1 aliphatic rings. The molecule has 1 atom stereocenters. The summed E-state index contributed by atoms with van der Waals surface area (Å²) in [4.78, 5) is 0. The molecule has 1 aliphatic heterocycles. The topological polar surface area (TPSA) is 18.5 Å². The lowest BCUT2D eigenvalue weighted by Gasteiger charge is -2.03. The molecule has 0 bridgehead atoms. The van der Waals surface area contributed by atoms with Crippen LogP contribution in [0.5, 0.6) is 0 Å². The van der Waals surface area contributed by atoms with Crippen LogP contribution in [-0.2, 0) is 9.47 Å². The molecule has 0 saturated carbocycles. The predicted molar refractivity (Wildman–Crippen MR) is 39.1 cm³/mol. The van der Waals surface area contributed by atoms with Gasteiger partial charge >= 0.3 is 0 Å². The Kier molecular flexibility index (Phi) is 2.12. The second-order valence-electron chi connectivity index (χ2n) is 2.23. The summed E-state index contributed by atoms with van der Waals surface area (Å²) < 4.78 is 10.3. The van der Waals surface area contributed by atoms with Crippen LogP contribution in [-0.4, -0.2) is 12.9 Å². The van der Waals surface area contributed by atoms with E-state index in [1.165, 1.54) is 0 Å². The highest BCUT2D eigenvalue weighted by Crippen LogP contribution is 2.20. The van der Waals surface area contributed by atoms with Gasteiger partial charge in [-0.2, -0.15) is 0 Å². The maximum atomic E-state index is 5.14. The van der Waals surface area contributed by atoms with Gasteiger partial charge in [0.05, 0.1) is 0 Å². The van der Waals surface area contributed by atoms with Crippen molar-refractivity contribution < 1.29 is 9.47 Å². The molecule has 0 aliphatic carbocycles. The Balaban J connectivity index is 2.77. The van der Waals surface area contributed by atoms with Gasteiger partial charge in [-0.3, -0.25) is 0 Å². The normalized spacial score (nSPS) is 29.6. The molecule has 0 amide bonds. The highest BCUT2D eigenvalue weighted by atomic mass is 16.7. The van der Waals surface area contributed by atoms with Gasteiger partial charge in [-0.05, 0) is 19.4 Å². The summed E-state index contributed by atoms with van der Waals surface area (Å²) in [6.45, 7) is 9.56. The van der Waals surface area contributed by atoms with Crippen molar-refractivity contribution >= 4 is 0 Å². The third-order valence-electron chi connectivity index (χ3n) is 1.36. The summed E-state index contributed by atoms with van der Waals surface area (Å²) in [6, 6.07) is 0. The van der Waals surface area contributed by atoms with E-state index in [1.807, 2.05) is 6.92 Å². The molecular formula is C8H11O2. The van der Waals surface area contributed by atoms with Gasteiger partial charge < -0.3 is 9.47 Å². The number of hydrogen-bond acceptors (Lipinski definition) is 2. The Labute approximate surface area is 61.1 Å². The maximum absolute atomic E-state index is 5.14. The first-order valence-electron chi connectivity index (χ1n) is 3.15. The lowest BCUT2D eigenvalue weighted by molar-refractivity contribution is 0.0628. The molecule has 0 aromatic carbocycles. The van der Waals surface area contributed by atoms with E-state index in [0.29, 0.717) is 6.79 Å². The molecule has 1 radical (unpaired) electrons. The Morgan fingerprint density at radius 2 is 2.50 bits per heavy atom. The highest BCUT2D eigenvalue weighted by molar-refractivity contribution is 5.18. The molecule has 0 N–H and O–H groups in total. The van der Waals surface area contributed by atoms with Gasteiger partial charge in [0.1, 0.15) is 11.9 Å². The van der Waals surface area contributed by atoms with Crippen LogP contribution < -0.4 is 0 Å². The molecule has 10 heavy (non-hydrogen) atoms. The number of ether oxygens (including phenoxy) is 2. The second-order valence-corrected chi connectivity index (χ2v) is 2.23. The van der Waals surface area contributed by atoms with E-state index in [4.69, 9.17) is 9.47 Å². The van der Waals surface area contributed by atoms with Crippen LogP contribution in [0.1, 0.15) is 6.92 Å². The minimum Gasteiger partial charge on any atom is -0.469 e. The average Bonchev–Trinajstić information content (AvgIpc) is 2.33. The van der Waals surface area contributed by atoms with Gasteiger partial charge in [-0.1, -0.05) is 6.08 Å². The molecule has 55 valence electrons. The molecule has 2 heteroatoms. The molecule has 2 nitrogen and oxygen atoms in total. The monoisotopic (exact) mass is 139 g/mol. The molecule has 0 aromatic rings. The minimum absolute atomic E-state index is 0.0856.